The van der Waals surface area contributed by atoms with E-state index in [1.54, 1.807) is 30.2 Å². The van der Waals surface area contributed by atoms with Crippen LogP contribution in [-0.2, 0) is 21.7 Å². The number of oxazole rings is 1. The fraction of sp³-hybridized carbons (Fsp3) is 0.417. The highest BCUT2D eigenvalue weighted by atomic mass is 32.2. The molecule has 3 aromatic rings. The summed E-state index contributed by atoms with van der Waals surface area (Å²) in [6, 6.07) is 7.37. The monoisotopic (exact) mass is 502 g/mol. The van der Waals surface area contributed by atoms with Gasteiger partial charge in [-0.1, -0.05) is 37.3 Å². The van der Waals surface area contributed by atoms with E-state index in [-0.39, 0.29) is 5.91 Å². The number of aromatic nitrogens is 2. The van der Waals surface area contributed by atoms with Gasteiger partial charge in [-0.25, -0.2) is 14.8 Å². The fourth-order valence-corrected chi connectivity index (χ4v) is 4.58. The number of anilines is 2. The number of carbonyl (C=O) groups excluding carboxylic acids is 2. The molecule has 0 saturated heterocycles. The van der Waals surface area contributed by atoms with Gasteiger partial charge in [-0.3, -0.25) is 10.1 Å². The molecule has 0 spiro atoms. The van der Waals surface area contributed by atoms with Crippen LogP contribution in [-0.4, -0.2) is 27.6 Å². The zero-order valence-electron chi connectivity index (χ0n) is 20.0. The SMILES string of the molecule is CC(C)c1cnc(CSc2cnc(NC(=O)CCc3cccc(NC(=O)OC(C)(C)C)c3)s2)o1. The van der Waals surface area contributed by atoms with Crippen LogP contribution in [0.4, 0.5) is 15.6 Å². The summed E-state index contributed by atoms with van der Waals surface area (Å²) in [6.45, 7) is 9.56. The van der Waals surface area contributed by atoms with Crippen molar-refractivity contribution in [3.63, 3.8) is 0 Å². The summed E-state index contributed by atoms with van der Waals surface area (Å²) in [5, 5.41) is 6.12. The Bertz CT molecular complexity index is 1120. The quantitative estimate of drug-likeness (QED) is 0.323. The maximum absolute atomic E-state index is 12.4. The van der Waals surface area contributed by atoms with Crippen LogP contribution in [0.15, 0.2) is 45.3 Å². The molecule has 3 rings (SSSR count). The second-order valence-electron chi connectivity index (χ2n) is 8.96. The molecule has 1 aromatic carbocycles. The minimum atomic E-state index is -0.569. The zero-order chi connectivity index (χ0) is 24.7. The van der Waals surface area contributed by atoms with Gasteiger partial charge in [-0.05, 0) is 44.9 Å². The van der Waals surface area contributed by atoms with Gasteiger partial charge in [-0.15, -0.1) is 11.8 Å². The van der Waals surface area contributed by atoms with E-state index < -0.39 is 11.7 Å². The number of rotatable bonds is 9. The van der Waals surface area contributed by atoms with Crippen LogP contribution >= 0.6 is 23.1 Å². The van der Waals surface area contributed by atoms with Crippen molar-refractivity contribution in [1.82, 2.24) is 9.97 Å². The molecule has 0 unspecified atom stereocenters. The first-order valence-corrected chi connectivity index (χ1v) is 12.8. The molecule has 2 heterocycles. The third-order valence-electron chi connectivity index (χ3n) is 4.42. The number of thioether (sulfide) groups is 1. The lowest BCUT2D eigenvalue weighted by Gasteiger charge is -2.19. The molecule has 8 nitrogen and oxygen atoms in total. The first kappa shape index (κ1) is 25.8. The van der Waals surface area contributed by atoms with E-state index >= 15 is 0 Å². The minimum absolute atomic E-state index is 0.120. The zero-order valence-corrected chi connectivity index (χ0v) is 21.6. The van der Waals surface area contributed by atoms with Crippen molar-refractivity contribution in [3.05, 3.63) is 53.9 Å². The van der Waals surface area contributed by atoms with Crippen LogP contribution in [0.5, 0.6) is 0 Å². The van der Waals surface area contributed by atoms with Crippen molar-refractivity contribution in [3.8, 4) is 0 Å². The number of benzene rings is 1. The Morgan fingerprint density at radius 2 is 1.97 bits per heavy atom. The molecule has 2 amide bonds. The lowest BCUT2D eigenvalue weighted by molar-refractivity contribution is -0.116. The number of aryl methyl sites for hydroxylation is 1. The van der Waals surface area contributed by atoms with Gasteiger partial charge in [0.15, 0.2) is 5.13 Å². The van der Waals surface area contributed by atoms with Gasteiger partial charge in [0.1, 0.15) is 11.4 Å². The average Bonchev–Trinajstić information content (AvgIpc) is 3.39. The molecule has 0 aliphatic carbocycles. The third-order valence-corrected chi connectivity index (χ3v) is 6.51. The molecule has 0 atom stereocenters. The molecule has 2 aromatic heterocycles. The van der Waals surface area contributed by atoms with E-state index in [4.69, 9.17) is 9.15 Å². The van der Waals surface area contributed by atoms with Crippen LogP contribution in [0.1, 0.15) is 64.2 Å². The standard InChI is InChI=1S/C24H30N4O4S2/c1-15(2)18-12-25-20(31-18)14-33-21-13-26-22(34-21)28-19(29)10-9-16-7-6-8-17(11-16)27-23(30)32-24(3,4)5/h6-8,11-13,15H,9-10,14H2,1-5H3,(H,27,30)(H,26,28,29). The van der Waals surface area contributed by atoms with Crippen molar-refractivity contribution in [2.75, 3.05) is 10.6 Å². The number of ether oxygens (including phenoxy) is 1. The first-order valence-electron chi connectivity index (χ1n) is 11.0. The third kappa shape index (κ3) is 8.49. The maximum atomic E-state index is 12.4. The maximum Gasteiger partial charge on any atom is 0.412 e. The summed E-state index contributed by atoms with van der Waals surface area (Å²) in [5.74, 6) is 2.34. The van der Waals surface area contributed by atoms with Gasteiger partial charge in [0.25, 0.3) is 0 Å². The molecule has 0 fully saturated rings. The lowest BCUT2D eigenvalue weighted by Crippen LogP contribution is -2.27. The summed E-state index contributed by atoms with van der Waals surface area (Å²) < 4.78 is 12.0. The Morgan fingerprint density at radius 1 is 1.18 bits per heavy atom. The van der Waals surface area contributed by atoms with Gasteiger partial charge in [0.05, 0.1) is 22.4 Å². The Kier molecular flexibility index (Phi) is 8.73. The largest absolute Gasteiger partial charge is 0.445 e. The smallest absolute Gasteiger partial charge is 0.412 e. The summed E-state index contributed by atoms with van der Waals surface area (Å²) in [5.41, 5.74) is 0.993. The normalized spacial score (nSPS) is 11.5. The molecule has 2 N–H and O–H groups in total. The van der Waals surface area contributed by atoms with Crippen molar-refractivity contribution < 1.29 is 18.7 Å². The summed E-state index contributed by atoms with van der Waals surface area (Å²) in [4.78, 5) is 32.9. The van der Waals surface area contributed by atoms with E-state index in [0.717, 1.165) is 15.5 Å². The van der Waals surface area contributed by atoms with Crippen molar-refractivity contribution >= 4 is 45.9 Å². The number of hydrogen-bond donors (Lipinski definition) is 2. The van der Waals surface area contributed by atoms with Gasteiger partial charge in [0, 0.05) is 18.0 Å². The van der Waals surface area contributed by atoms with Gasteiger partial charge in [-0.2, -0.15) is 0 Å². The van der Waals surface area contributed by atoms with E-state index in [0.29, 0.717) is 41.2 Å². The highest BCUT2D eigenvalue weighted by Crippen LogP contribution is 2.31. The first-order chi connectivity index (χ1) is 16.1. The predicted octanol–water partition coefficient (Wildman–Crippen LogP) is 6.47. The molecule has 0 aliphatic rings. The highest BCUT2D eigenvalue weighted by Gasteiger charge is 2.16. The highest BCUT2D eigenvalue weighted by molar-refractivity contribution is 8.00. The van der Waals surface area contributed by atoms with Gasteiger partial charge >= 0.3 is 6.09 Å². The van der Waals surface area contributed by atoms with Gasteiger partial charge in [0.2, 0.25) is 11.8 Å². The molecule has 10 heteroatoms. The molecular formula is C24H30N4O4S2. The second-order valence-corrected chi connectivity index (χ2v) is 11.3. The number of nitrogens with one attached hydrogen (secondary N) is 2. The van der Waals surface area contributed by atoms with Crippen molar-refractivity contribution in [2.24, 2.45) is 0 Å². The molecule has 0 aliphatic heterocycles. The summed E-state index contributed by atoms with van der Waals surface area (Å²) in [6.07, 6.45) is 3.82. The number of carbonyl (C=O) groups is 2. The van der Waals surface area contributed by atoms with Crippen molar-refractivity contribution in [2.45, 2.75) is 68.9 Å². The van der Waals surface area contributed by atoms with Crippen LogP contribution in [0.2, 0.25) is 0 Å². The number of amides is 2. The second kappa shape index (κ2) is 11.5. The number of hydrogen-bond acceptors (Lipinski definition) is 8. The van der Waals surface area contributed by atoms with E-state index in [2.05, 4.69) is 34.4 Å². The molecule has 182 valence electrons. The van der Waals surface area contributed by atoms with Crippen LogP contribution in [0.25, 0.3) is 0 Å². The van der Waals surface area contributed by atoms with E-state index in [1.165, 1.54) is 11.3 Å². The van der Waals surface area contributed by atoms with Crippen LogP contribution < -0.4 is 10.6 Å². The molecule has 34 heavy (non-hydrogen) atoms. The average molecular weight is 503 g/mol. The Labute approximate surface area is 207 Å². The molecule has 0 bridgehead atoms. The molecular weight excluding hydrogens is 472 g/mol. The molecule has 0 radical (unpaired) electrons. The van der Waals surface area contributed by atoms with E-state index in [9.17, 15) is 9.59 Å². The van der Waals surface area contributed by atoms with Crippen molar-refractivity contribution in [1.29, 1.82) is 0 Å². The Balaban J connectivity index is 1.44. The molecule has 0 saturated carbocycles. The fourth-order valence-electron chi connectivity index (χ4n) is 2.84. The Hall–Kier alpha value is -2.85. The predicted molar refractivity (Wildman–Crippen MR) is 136 cm³/mol. The van der Waals surface area contributed by atoms with E-state index in [1.807, 2.05) is 39.0 Å². The van der Waals surface area contributed by atoms with Gasteiger partial charge < -0.3 is 14.5 Å². The van der Waals surface area contributed by atoms with Crippen LogP contribution in [0.3, 0.4) is 0 Å². The minimum Gasteiger partial charge on any atom is -0.445 e. The lowest BCUT2D eigenvalue weighted by atomic mass is 10.1. The number of nitrogens with zero attached hydrogens (tertiary/aromatic N) is 2. The summed E-state index contributed by atoms with van der Waals surface area (Å²) >= 11 is 2.99. The summed E-state index contributed by atoms with van der Waals surface area (Å²) in [7, 11) is 0. The Morgan fingerprint density at radius 3 is 2.68 bits per heavy atom. The van der Waals surface area contributed by atoms with Crippen LogP contribution in [0, 0.1) is 0 Å². The topological polar surface area (TPSA) is 106 Å². The number of thiazole rings is 1.